The van der Waals surface area contributed by atoms with Gasteiger partial charge >= 0.3 is 0 Å². The maximum absolute atomic E-state index is 15.1. The van der Waals surface area contributed by atoms with E-state index in [9.17, 15) is 4.39 Å². The first kappa shape index (κ1) is 52.4. The van der Waals surface area contributed by atoms with Crippen molar-refractivity contribution in [1.29, 1.82) is 0 Å². The highest BCUT2D eigenvalue weighted by molar-refractivity contribution is 8.20. The maximum atomic E-state index is 15.1. The topological polar surface area (TPSA) is 115 Å². The number of hydrogen-bond donors (Lipinski definition) is 2. The van der Waals surface area contributed by atoms with Gasteiger partial charge in [0.15, 0.2) is 11.6 Å². The number of aromatic nitrogens is 2. The van der Waals surface area contributed by atoms with Gasteiger partial charge in [-0.15, -0.1) is 47.0 Å². The summed E-state index contributed by atoms with van der Waals surface area (Å²) in [5.41, 5.74) is 11.7. The standard InChI is InChI=1S/C27H28FN3O2S2.C23H20ClFN2O2.C4H9NS2/c1-31(2)12-13-32-20-10-8-19(9-11-20)26-23(18-6-4-3-5-7-18)24-25(21(28)16-30-27(24)33-26)29-17-22-34-14-15-35-22;1-27(2)12-13-28-17-10-8-16(9-11-17)22-19(15-6-4-3-5-7-15)20-21(24)18(25)14-26-23(20)29-22;5-3-4-6-1-2-7-4/h3-11,16,22H,12-15,17H2,1-2H3,(H,29,30);3-11,14H,12-13H2,1-2H3;4H,1-3,5H2. The van der Waals surface area contributed by atoms with E-state index in [1.807, 2.05) is 184 Å². The minimum Gasteiger partial charge on any atom is -0.492 e. The molecule has 4 aromatic heterocycles. The summed E-state index contributed by atoms with van der Waals surface area (Å²) in [6.07, 6.45) is 2.32. The van der Waals surface area contributed by atoms with Crippen molar-refractivity contribution in [3.63, 3.8) is 0 Å². The number of likely N-dealkylation sites (N-methyl/N-ethyl adjacent to an activating group) is 2. The average Bonchev–Trinajstić information content (AvgIpc) is 4.24. The summed E-state index contributed by atoms with van der Waals surface area (Å²) in [5, 5.41) is 4.52. The van der Waals surface area contributed by atoms with Crippen LogP contribution >= 0.6 is 58.6 Å². The Morgan fingerprint density at radius 2 is 1.04 bits per heavy atom. The quantitative estimate of drug-likeness (QED) is 0.0956. The van der Waals surface area contributed by atoms with E-state index < -0.39 is 5.82 Å². The van der Waals surface area contributed by atoms with E-state index in [0.29, 0.717) is 68.3 Å². The molecule has 3 N–H and O–H groups in total. The number of nitrogens with one attached hydrogen (secondary N) is 1. The Labute approximate surface area is 436 Å². The van der Waals surface area contributed by atoms with Crippen molar-refractivity contribution in [2.24, 2.45) is 5.73 Å². The van der Waals surface area contributed by atoms with Crippen LogP contribution in [0.3, 0.4) is 0 Å². The summed E-state index contributed by atoms with van der Waals surface area (Å²) in [5.74, 6) is 6.73. The normalized spacial score (nSPS) is 13.9. The van der Waals surface area contributed by atoms with Crippen molar-refractivity contribution >= 4 is 86.5 Å². The Balaban J connectivity index is 0.000000169. The largest absolute Gasteiger partial charge is 0.492 e. The Morgan fingerprint density at radius 3 is 1.49 bits per heavy atom. The van der Waals surface area contributed by atoms with Gasteiger partial charge in [0.2, 0.25) is 11.4 Å². The molecule has 2 saturated heterocycles. The summed E-state index contributed by atoms with van der Waals surface area (Å²) in [6, 6.07) is 35.0. The number of halogens is 3. The lowest BCUT2D eigenvalue weighted by molar-refractivity contribution is 0.261. The van der Waals surface area contributed by atoms with Crippen LogP contribution in [0.4, 0.5) is 14.5 Å². The lowest BCUT2D eigenvalue weighted by atomic mass is 9.98. The summed E-state index contributed by atoms with van der Waals surface area (Å²) in [7, 11) is 8.04. The molecule has 2 aliphatic rings. The molecule has 2 fully saturated rings. The number of anilines is 1. The van der Waals surface area contributed by atoms with E-state index in [2.05, 4.69) is 25.1 Å². The molecule has 0 bridgehead atoms. The molecule has 6 heterocycles. The Kier molecular flexibility index (Phi) is 18.9. The number of rotatable bonds is 16. The molecule has 10 nitrogen and oxygen atoms in total. The zero-order valence-corrected chi connectivity index (χ0v) is 44.1. The molecule has 0 aliphatic carbocycles. The summed E-state index contributed by atoms with van der Waals surface area (Å²) >= 11 is 14.1. The third-order valence-electron chi connectivity index (χ3n) is 11.3. The molecular formula is C54H57ClF2N6O4S4. The number of furan rings is 2. The van der Waals surface area contributed by atoms with Crippen molar-refractivity contribution in [1.82, 2.24) is 19.8 Å². The number of nitrogens with zero attached hydrogens (tertiary/aromatic N) is 4. The predicted octanol–water partition coefficient (Wildman–Crippen LogP) is 13.1. The molecule has 2 aliphatic heterocycles. The van der Waals surface area contributed by atoms with E-state index in [4.69, 9.17) is 35.6 Å². The second kappa shape index (κ2) is 25.7. The highest BCUT2D eigenvalue weighted by Gasteiger charge is 2.26. The van der Waals surface area contributed by atoms with Crippen LogP contribution in [0, 0.1) is 11.6 Å². The van der Waals surface area contributed by atoms with E-state index in [1.165, 1.54) is 17.7 Å². The minimum absolute atomic E-state index is 0.00694. The molecular weight excluding hydrogens is 998 g/mol. The van der Waals surface area contributed by atoms with Crippen LogP contribution in [0.1, 0.15) is 0 Å². The lowest BCUT2D eigenvalue weighted by Crippen LogP contribution is -2.19. The van der Waals surface area contributed by atoms with Gasteiger partial charge < -0.3 is 39.2 Å². The molecule has 0 radical (unpaired) electrons. The molecule has 0 saturated carbocycles. The SMILES string of the molecule is CN(C)CCOc1ccc(-c2oc3ncc(F)c(Cl)c3c2-c2ccccc2)cc1.CN(C)CCOc1ccc(-c2oc3ncc(F)c(NCC4SCCS4)c3c2-c2ccccc2)cc1.NCC1SCCS1. The van der Waals surface area contributed by atoms with E-state index in [1.54, 1.807) is 0 Å². The van der Waals surface area contributed by atoms with Crippen molar-refractivity contribution in [2.75, 3.05) is 95.9 Å². The van der Waals surface area contributed by atoms with Gasteiger partial charge in [0.25, 0.3) is 0 Å². The van der Waals surface area contributed by atoms with Gasteiger partial charge in [-0.1, -0.05) is 72.3 Å². The maximum Gasteiger partial charge on any atom is 0.229 e. The first-order valence-electron chi connectivity index (χ1n) is 23.2. The second-order valence-electron chi connectivity index (χ2n) is 16.9. The number of fused-ring (bicyclic) bond motifs is 2. The monoisotopic (exact) mass is 1050 g/mol. The molecule has 0 amide bonds. The number of hydrogen-bond acceptors (Lipinski definition) is 14. The summed E-state index contributed by atoms with van der Waals surface area (Å²) in [6.45, 7) is 4.41. The van der Waals surface area contributed by atoms with Crippen LogP contribution < -0.4 is 20.5 Å². The van der Waals surface area contributed by atoms with Gasteiger partial charge in [-0.05, 0) is 87.8 Å². The number of pyridine rings is 2. The molecule has 372 valence electrons. The number of ether oxygens (including phenoxy) is 2. The average molecular weight is 1060 g/mol. The molecule has 0 atom stereocenters. The third-order valence-corrected chi connectivity index (χ3v) is 17.8. The van der Waals surface area contributed by atoms with Crippen LogP contribution in [0.15, 0.2) is 130 Å². The predicted molar refractivity (Wildman–Crippen MR) is 298 cm³/mol. The van der Waals surface area contributed by atoms with E-state index in [0.717, 1.165) is 82.2 Å². The smallest absolute Gasteiger partial charge is 0.229 e. The zero-order valence-electron chi connectivity index (χ0n) is 40.0. The highest BCUT2D eigenvalue weighted by atomic mass is 35.5. The van der Waals surface area contributed by atoms with E-state index in [-0.39, 0.29) is 10.8 Å². The molecule has 8 aromatic rings. The van der Waals surface area contributed by atoms with Gasteiger partial charge in [-0.2, -0.15) is 0 Å². The van der Waals surface area contributed by atoms with Crippen LogP contribution in [0.2, 0.25) is 5.02 Å². The number of nitrogens with two attached hydrogens (primary N) is 1. The van der Waals surface area contributed by atoms with Crippen molar-refractivity contribution in [3.05, 3.63) is 138 Å². The Morgan fingerprint density at radius 1 is 0.606 bits per heavy atom. The molecule has 17 heteroatoms. The first-order chi connectivity index (χ1) is 34.6. The molecule has 0 unspecified atom stereocenters. The minimum atomic E-state index is -0.576. The summed E-state index contributed by atoms with van der Waals surface area (Å²) < 4.78 is 54.3. The van der Waals surface area contributed by atoms with Gasteiger partial charge in [-0.3, -0.25) is 0 Å². The number of thioether (sulfide) groups is 4. The van der Waals surface area contributed by atoms with Crippen LogP contribution in [-0.4, -0.2) is 120 Å². The Bertz CT molecular complexity index is 2940. The van der Waals surface area contributed by atoms with Crippen LogP contribution in [0.25, 0.3) is 67.1 Å². The van der Waals surface area contributed by atoms with Gasteiger partial charge in [-0.25, -0.2) is 18.7 Å². The lowest BCUT2D eigenvalue weighted by Gasteiger charge is -2.13. The third kappa shape index (κ3) is 13.6. The van der Waals surface area contributed by atoms with Gasteiger partial charge in [0, 0.05) is 71.4 Å². The van der Waals surface area contributed by atoms with Crippen molar-refractivity contribution in [2.45, 2.75) is 9.16 Å². The molecule has 71 heavy (non-hydrogen) atoms. The highest BCUT2D eigenvalue weighted by Crippen LogP contribution is 2.46. The first-order valence-corrected chi connectivity index (χ1v) is 27.8. The molecule has 4 aromatic carbocycles. The fourth-order valence-electron chi connectivity index (χ4n) is 7.74. The fourth-order valence-corrected chi connectivity index (χ4v) is 13.2. The molecule has 0 spiro atoms. The van der Waals surface area contributed by atoms with Gasteiger partial charge in [0.05, 0.1) is 43.0 Å². The molecule has 10 rings (SSSR count). The van der Waals surface area contributed by atoms with Crippen molar-refractivity contribution in [3.8, 4) is 56.4 Å². The second-order valence-corrected chi connectivity index (χ2v) is 23.1. The van der Waals surface area contributed by atoms with Crippen molar-refractivity contribution < 1.29 is 27.1 Å². The number of benzene rings is 4. The summed E-state index contributed by atoms with van der Waals surface area (Å²) in [4.78, 5) is 12.5. The van der Waals surface area contributed by atoms with Crippen LogP contribution in [-0.2, 0) is 0 Å². The Hall–Kier alpha value is -4.91. The fraction of sp³-hybridized carbons (Fsp3) is 0.296. The van der Waals surface area contributed by atoms with Crippen LogP contribution in [0.5, 0.6) is 11.5 Å². The van der Waals surface area contributed by atoms with Gasteiger partial charge in [0.1, 0.15) is 36.2 Å². The van der Waals surface area contributed by atoms with E-state index >= 15 is 4.39 Å². The zero-order chi connectivity index (χ0) is 49.7.